The number of aryl methyl sites for hydroxylation is 2. The largest absolute Gasteiger partial charge is 0.420 e. The summed E-state index contributed by atoms with van der Waals surface area (Å²) in [6.45, 7) is 4.06. The lowest BCUT2D eigenvalue weighted by Gasteiger charge is -1.99. The quantitative estimate of drug-likeness (QED) is 0.523. The first kappa shape index (κ1) is 16.5. The third-order valence-electron chi connectivity index (χ3n) is 3.79. The third kappa shape index (κ3) is 3.50. The van der Waals surface area contributed by atoms with Crippen LogP contribution in [-0.2, 0) is 6.42 Å². The fraction of sp³-hybridized carbons (Fsp3) is 0.158. The summed E-state index contributed by atoms with van der Waals surface area (Å²) in [5.74, 6) is 1.76. The zero-order chi connectivity index (χ0) is 18.1. The fourth-order valence-electron chi connectivity index (χ4n) is 2.74. The number of rotatable bonds is 4. The van der Waals surface area contributed by atoms with Crippen molar-refractivity contribution in [1.82, 2.24) is 20.3 Å². The first-order valence-corrected chi connectivity index (χ1v) is 8.44. The topological polar surface area (TPSA) is 77.8 Å². The van der Waals surface area contributed by atoms with Crippen LogP contribution in [-0.4, -0.2) is 20.3 Å². The van der Waals surface area contributed by atoms with Gasteiger partial charge >= 0.3 is 0 Å². The van der Waals surface area contributed by atoms with Crippen LogP contribution in [0.5, 0.6) is 0 Å². The molecule has 0 saturated heterocycles. The van der Waals surface area contributed by atoms with E-state index in [1.165, 1.54) is 0 Å². The van der Waals surface area contributed by atoms with Crippen LogP contribution < -0.4 is 0 Å². The Kier molecular flexibility index (Phi) is 4.26. The van der Waals surface area contributed by atoms with Crippen molar-refractivity contribution in [2.24, 2.45) is 0 Å². The van der Waals surface area contributed by atoms with Crippen LogP contribution in [0.25, 0.3) is 22.8 Å². The molecule has 7 heteroatoms. The molecule has 0 saturated carbocycles. The summed E-state index contributed by atoms with van der Waals surface area (Å²) in [7, 11) is 0. The molecule has 0 atom stereocenters. The Balaban J connectivity index is 1.55. The van der Waals surface area contributed by atoms with E-state index in [-0.39, 0.29) is 6.42 Å². The normalized spacial score (nSPS) is 11.0. The summed E-state index contributed by atoms with van der Waals surface area (Å²) >= 11 is 6.00. The van der Waals surface area contributed by atoms with Crippen LogP contribution in [0.2, 0.25) is 5.02 Å². The molecule has 2 aromatic carbocycles. The molecule has 26 heavy (non-hydrogen) atoms. The average molecular weight is 367 g/mol. The zero-order valence-corrected chi connectivity index (χ0v) is 15.0. The fourth-order valence-corrected chi connectivity index (χ4v) is 2.93. The van der Waals surface area contributed by atoms with Crippen LogP contribution in [0.4, 0.5) is 0 Å². The Morgan fingerprint density at radius 3 is 2.50 bits per heavy atom. The lowest BCUT2D eigenvalue weighted by Crippen LogP contribution is -1.89. The number of hydrogen-bond acceptors (Lipinski definition) is 6. The van der Waals surface area contributed by atoms with Gasteiger partial charge in [-0.3, -0.25) is 0 Å². The van der Waals surface area contributed by atoms with Gasteiger partial charge in [0.25, 0.3) is 0 Å². The van der Waals surface area contributed by atoms with Gasteiger partial charge < -0.3 is 8.94 Å². The van der Waals surface area contributed by atoms with Crippen molar-refractivity contribution in [2.45, 2.75) is 20.3 Å². The molecule has 0 amide bonds. The molecular formula is C19H15ClN4O2. The predicted octanol–water partition coefficient (Wildman–Crippen LogP) is 4.65. The summed E-state index contributed by atoms with van der Waals surface area (Å²) in [6, 6.07) is 13.4. The summed E-state index contributed by atoms with van der Waals surface area (Å²) < 4.78 is 11.0. The Morgan fingerprint density at radius 2 is 1.73 bits per heavy atom. The van der Waals surface area contributed by atoms with Gasteiger partial charge in [0.2, 0.25) is 23.5 Å². The highest BCUT2D eigenvalue weighted by Crippen LogP contribution is 2.23. The maximum Gasteiger partial charge on any atom is 0.247 e. The van der Waals surface area contributed by atoms with Crippen molar-refractivity contribution in [2.75, 3.05) is 0 Å². The van der Waals surface area contributed by atoms with E-state index in [9.17, 15) is 0 Å². The molecule has 4 aromatic rings. The molecule has 130 valence electrons. The smallest absolute Gasteiger partial charge is 0.247 e. The van der Waals surface area contributed by atoms with Crippen molar-refractivity contribution >= 4 is 11.6 Å². The van der Waals surface area contributed by atoms with Crippen molar-refractivity contribution in [1.29, 1.82) is 0 Å². The molecule has 0 N–H and O–H groups in total. The van der Waals surface area contributed by atoms with Crippen molar-refractivity contribution in [3.05, 3.63) is 70.4 Å². The van der Waals surface area contributed by atoms with E-state index in [0.29, 0.717) is 28.5 Å². The van der Waals surface area contributed by atoms with Crippen LogP contribution in [0.1, 0.15) is 22.9 Å². The van der Waals surface area contributed by atoms with Crippen molar-refractivity contribution in [3.8, 4) is 22.8 Å². The molecule has 0 spiro atoms. The molecule has 0 aliphatic heterocycles. The molecule has 4 rings (SSSR count). The highest BCUT2D eigenvalue weighted by atomic mass is 35.5. The lowest BCUT2D eigenvalue weighted by atomic mass is 10.1. The van der Waals surface area contributed by atoms with Gasteiger partial charge in [0.05, 0.1) is 0 Å². The Hall–Kier alpha value is -2.99. The van der Waals surface area contributed by atoms with Crippen LogP contribution in [0.3, 0.4) is 0 Å². The van der Waals surface area contributed by atoms with E-state index in [2.05, 4.69) is 26.4 Å². The van der Waals surface area contributed by atoms with Crippen molar-refractivity contribution in [3.63, 3.8) is 0 Å². The first-order chi connectivity index (χ1) is 12.6. The van der Waals surface area contributed by atoms with E-state index < -0.39 is 0 Å². The monoisotopic (exact) mass is 366 g/mol. The number of halogens is 1. The second kappa shape index (κ2) is 6.72. The number of hydrogen-bond donors (Lipinski definition) is 0. The van der Waals surface area contributed by atoms with E-state index in [4.69, 9.17) is 20.5 Å². The third-order valence-corrected chi connectivity index (χ3v) is 4.02. The molecular weight excluding hydrogens is 352 g/mol. The molecule has 0 bridgehead atoms. The number of benzene rings is 2. The van der Waals surface area contributed by atoms with E-state index in [0.717, 1.165) is 22.3 Å². The molecule has 0 unspecified atom stereocenters. The SMILES string of the molecule is Cc1cc(C)cc(-c2nnc(Cc3nc(-c4cccc(Cl)c4)no3)o2)c1. The van der Waals surface area contributed by atoms with Gasteiger partial charge in [0.1, 0.15) is 6.42 Å². The van der Waals surface area contributed by atoms with Crippen molar-refractivity contribution < 1.29 is 8.94 Å². The molecule has 6 nitrogen and oxygen atoms in total. The highest BCUT2D eigenvalue weighted by molar-refractivity contribution is 6.30. The van der Waals surface area contributed by atoms with Crippen LogP contribution >= 0.6 is 11.6 Å². The first-order valence-electron chi connectivity index (χ1n) is 8.06. The van der Waals surface area contributed by atoms with Gasteiger partial charge in [-0.15, -0.1) is 10.2 Å². The van der Waals surface area contributed by atoms with Gasteiger partial charge in [-0.1, -0.05) is 46.1 Å². The molecule has 2 aromatic heterocycles. The second-order valence-corrected chi connectivity index (χ2v) is 6.51. The van der Waals surface area contributed by atoms with Gasteiger partial charge in [0, 0.05) is 16.1 Å². The maximum absolute atomic E-state index is 6.00. The van der Waals surface area contributed by atoms with E-state index in [1.807, 2.05) is 38.1 Å². The van der Waals surface area contributed by atoms with E-state index in [1.54, 1.807) is 12.1 Å². The molecule has 0 aliphatic rings. The molecule has 2 heterocycles. The Morgan fingerprint density at radius 1 is 0.923 bits per heavy atom. The summed E-state index contributed by atoms with van der Waals surface area (Å²) in [6.07, 6.45) is 0.269. The minimum absolute atomic E-state index is 0.269. The molecule has 0 aliphatic carbocycles. The predicted molar refractivity (Wildman–Crippen MR) is 96.8 cm³/mol. The van der Waals surface area contributed by atoms with Gasteiger partial charge in [-0.2, -0.15) is 4.98 Å². The second-order valence-electron chi connectivity index (χ2n) is 6.08. The molecule has 0 fully saturated rings. The summed E-state index contributed by atoms with van der Waals surface area (Å²) in [4.78, 5) is 4.36. The standard InChI is InChI=1S/C19H15ClN4O2/c1-11-6-12(2)8-14(7-11)19-23-22-17(25-19)10-16-21-18(24-26-16)13-4-3-5-15(20)9-13/h3-9H,10H2,1-2H3. The summed E-state index contributed by atoms with van der Waals surface area (Å²) in [5.41, 5.74) is 3.96. The minimum atomic E-state index is 0.269. The van der Waals surface area contributed by atoms with Crippen LogP contribution in [0.15, 0.2) is 51.4 Å². The van der Waals surface area contributed by atoms with Gasteiger partial charge in [0.15, 0.2) is 0 Å². The van der Waals surface area contributed by atoms with E-state index >= 15 is 0 Å². The van der Waals surface area contributed by atoms with Gasteiger partial charge in [-0.05, 0) is 38.1 Å². The Bertz CT molecular complexity index is 1050. The molecule has 0 radical (unpaired) electrons. The Labute approximate surface area is 154 Å². The van der Waals surface area contributed by atoms with Crippen LogP contribution in [0, 0.1) is 13.8 Å². The highest BCUT2D eigenvalue weighted by Gasteiger charge is 2.15. The maximum atomic E-state index is 6.00. The summed E-state index contributed by atoms with van der Waals surface area (Å²) in [5, 5.41) is 12.8. The lowest BCUT2D eigenvalue weighted by molar-refractivity contribution is 0.374. The minimum Gasteiger partial charge on any atom is -0.420 e. The van der Waals surface area contributed by atoms with Gasteiger partial charge in [-0.25, -0.2) is 0 Å². The number of aromatic nitrogens is 4. The number of nitrogens with zero attached hydrogens (tertiary/aromatic N) is 4. The average Bonchev–Trinajstić information content (AvgIpc) is 3.24. The zero-order valence-electron chi connectivity index (χ0n) is 14.2.